The number of hydrogen-bond donors (Lipinski definition) is 2. The normalized spacial score (nSPS) is 18.7. The number of esters is 1. The molecule has 0 aliphatic carbocycles. The summed E-state index contributed by atoms with van der Waals surface area (Å²) < 4.78 is 6.50. The Bertz CT molecular complexity index is 460. The zero-order valence-electron chi connectivity index (χ0n) is 9.93. The molecule has 4 nitrogen and oxygen atoms in total. The van der Waals surface area contributed by atoms with E-state index in [1.807, 2.05) is 6.07 Å². The first-order chi connectivity index (χ1) is 8.61. The third-order valence-electron chi connectivity index (χ3n) is 2.87. The van der Waals surface area contributed by atoms with Gasteiger partial charge in [-0.25, -0.2) is 4.79 Å². The van der Waals surface area contributed by atoms with E-state index in [2.05, 4.69) is 42.5 Å². The first-order valence-corrected chi connectivity index (χ1v) is 7.25. The van der Waals surface area contributed by atoms with Crippen LogP contribution in [0.1, 0.15) is 16.8 Å². The highest BCUT2D eigenvalue weighted by Crippen LogP contribution is 2.32. The number of nitrogens with one attached hydrogen (secondary N) is 2. The Hall–Kier alpha value is -0.590. The number of halogens is 2. The maximum atomic E-state index is 11.8. The van der Waals surface area contributed by atoms with Gasteiger partial charge in [0.15, 0.2) is 0 Å². The van der Waals surface area contributed by atoms with Crippen molar-refractivity contribution in [3.8, 4) is 0 Å². The van der Waals surface area contributed by atoms with Crippen molar-refractivity contribution in [2.24, 2.45) is 0 Å². The highest BCUT2D eigenvalue weighted by atomic mass is 79.9. The van der Waals surface area contributed by atoms with Gasteiger partial charge in [0.2, 0.25) is 0 Å². The monoisotopic (exact) mass is 376 g/mol. The van der Waals surface area contributed by atoms with Crippen LogP contribution in [-0.2, 0) is 4.74 Å². The molecule has 0 amide bonds. The second-order valence-electron chi connectivity index (χ2n) is 4.14. The summed E-state index contributed by atoms with van der Waals surface area (Å²) in [4.78, 5) is 11.8. The maximum absolute atomic E-state index is 11.8. The Balaban J connectivity index is 2.33. The summed E-state index contributed by atoms with van der Waals surface area (Å²) in [5, 5.41) is 6.67. The van der Waals surface area contributed by atoms with Gasteiger partial charge in [-0.1, -0.05) is 15.9 Å². The Morgan fingerprint density at radius 1 is 1.50 bits per heavy atom. The number of methoxy groups -OCH3 is 1. The van der Waals surface area contributed by atoms with Gasteiger partial charge in [-0.2, -0.15) is 0 Å². The van der Waals surface area contributed by atoms with Crippen molar-refractivity contribution in [2.75, 3.05) is 25.5 Å². The fraction of sp³-hybridized carbons (Fsp3) is 0.417. The van der Waals surface area contributed by atoms with Crippen LogP contribution in [0.2, 0.25) is 0 Å². The summed E-state index contributed by atoms with van der Waals surface area (Å²) in [6.07, 6.45) is 1.04. The minimum Gasteiger partial charge on any atom is -0.465 e. The molecule has 1 aliphatic rings. The molecule has 0 saturated carbocycles. The first-order valence-electron chi connectivity index (χ1n) is 5.66. The number of rotatable bonds is 3. The SMILES string of the molecule is COC(=O)c1cc(Br)cc(Br)c1NC1CCNC1. The van der Waals surface area contributed by atoms with Crippen LogP contribution in [0.5, 0.6) is 0 Å². The van der Waals surface area contributed by atoms with E-state index < -0.39 is 0 Å². The Kier molecular flexibility index (Phi) is 4.64. The van der Waals surface area contributed by atoms with Crippen molar-refractivity contribution in [1.29, 1.82) is 0 Å². The van der Waals surface area contributed by atoms with E-state index in [0.29, 0.717) is 11.6 Å². The zero-order valence-corrected chi connectivity index (χ0v) is 13.1. The molecule has 2 N–H and O–H groups in total. The average molecular weight is 378 g/mol. The largest absolute Gasteiger partial charge is 0.465 e. The molecule has 0 bridgehead atoms. The molecule has 1 aromatic rings. The van der Waals surface area contributed by atoms with Gasteiger partial charge in [0.25, 0.3) is 0 Å². The van der Waals surface area contributed by atoms with Crippen LogP contribution in [0.3, 0.4) is 0 Å². The number of anilines is 1. The maximum Gasteiger partial charge on any atom is 0.340 e. The lowest BCUT2D eigenvalue weighted by Crippen LogP contribution is -2.23. The Morgan fingerprint density at radius 2 is 2.28 bits per heavy atom. The van der Waals surface area contributed by atoms with Crippen molar-refractivity contribution < 1.29 is 9.53 Å². The third kappa shape index (κ3) is 3.05. The van der Waals surface area contributed by atoms with Crippen molar-refractivity contribution in [2.45, 2.75) is 12.5 Å². The molecule has 0 radical (unpaired) electrons. The van der Waals surface area contributed by atoms with Gasteiger partial charge in [0.05, 0.1) is 18.4 Å². The van der Waals surface area contributed by atoms with Crippen LogP contribution in [0.25, 0.3) is 0 Å². The summed E-state index contributed by atoms with van der Waals surface area (Å²) in [7, 11) is 1.39. The fourth-order valence-corrected chi connectivity index (χ4v) is 3.31. The molecule has 1 atom stereocenters. The van der Waals surface area contributed by atoms with E-state index in [9.17, 15) is 4.79 Å². The molecule has 2 rings (SSSR count). The molecule has 1 aliphatic heterocycles. The van der Waals surface area contributed by atoms with Crippen LogP contribution in [0, 0.1) is 0 Å². The number of hydrogen-bond acceptors (Lipinski definition) is 4. The summed E-state index contributed by atoms with van der Waals surface area (Å²) in [6, 6.07) is 4.02. The van der Waals surface area contributed by atoms with Gasteiger partial charge in [0, 0.05) is 21.5 Å². The first kappa shape index (κ1) is 13.8. The van der Waals surface area contributed by atoms with Crippen LogP contribution in [0.15, 0.2) is 21.1 Å². The molecule has 1 unspecified atom stereocenters. The summed E-state index contributed by atoms with van der Waals surface area (Å²) in [5.41, 5.74) is 1.32. The quantitative estimate of drug-likeness (QED) is 0.795. The highest BCUT2D eigenvalue weighted by Gasteiger charge is 2.20. The zero-order chi connectivity index (χ0) is 13.1. The van der Waals surface area contributed by atoms with E-state index in [0.717, 1.165) is 34.1 Å². The van der Waals surface area contributed by atoms with Crippen molar-refractivity contribution in [3.63, 3.8) is 0 Å². The average Bonchev–Trinajstić information content (AvgIpc) is 2.84. The van der Waals surface area contributed by atoms with Gasteiger partial charge in [-0.3, -0.25) is 0 Å². The minimum atomic E-state index is -0.342. The Labute approximate surface area is 123 Å². The van der Waals surface area contributed by atoms with E-state index in [-0.39, 0.29) is 5.97 Å². The van der Waals surface area contributed by atoms with Crippen molar-refractivity contribution >= 4 is 43.5 Å². The molecular weight excluding hydrogens is 364 g/mol. The summed E-state index contributed by atoms with van der Waals surface area (Å²) in [5.74, 6) is -0.342. The van der Waals surface area contributed by atoms with Gasteiger partial charge in [0.1, 0.15) is 0 Å². The molecule has 1 fully saturated rings. The summed E-state index contributed by atoms with van der Waals surface area (Å²) >= 11 is 6.86. The number of carbonyl (C=O) groups excluding carboxylic acids is 1. The minimum absolute atomic E-state index is 0.339. The second-order valence-corrected chi connectivity index (χ2v) is 5.91. The molecule has 0 aromatic heterocycles. The van der Waals surface area contributed by atoms with E-state index in [4.69, 9.17) is 4.74 Å². The lowest BCUT2D eigenvalue weighted by Gasteiger charge is -2.17. The highest BCUT2D eigenvalue weighted by molar-refractivity contribution is 9.11. The smallest absolute Gasteiger partial charge is 0.340 e. The predicted octanol–water partition coefficient (Wildman–Crippen LogP) is 2.77. The van der Waals surface area contributed by atoms with Crippen LogP contribution >= 0.6 is 31.9 Å². The lowest BCUT2D eigenvalue weighted by atomic mass is 10.1. The van der Waals surface area contributed by atoms with Crippen molar-refractivity contribution in [3.05, 3.63) is 26.6 Å². The molecule has 1 heterocycles. The van der Waals surface area contributed by atoms with E-state index in [1.165, 1.54) is 7.11 Å². The molecule has 6 heteroatoms. The number of benzene rings is 1. The van der Waals surface area contributed by atoms with Gasteiger partial charge in [-0.15, -0.1) is 0 Å². The fourth-order valence-electron chi connectivity index (χ4n) is 1.97. The van der Waals surface area contributed by atoms with Gasteiger partial charge in [-0.05, 0) is 41.0 Å². The second kappa shape index (κ2) is 6.04. The molecule has 1 aromatic carbocycles. The number of carbonyl (C=O) groups is 1. The molecule has 1 saturated heterocycles. The standard InChI is InChI=1S/C12H14Br2N2O2/c1-18-12(17)9-4-7(13)5-10(14)11(9)16-8-2-3-15-6-8/h4-5,8,15-16H,2-3,6H2,1H3. The van der Waals surface area contributed by atoms with Crippen LogP contribution in [0.4, 0.5) is 5.69 Å². The topological polar surface area (TPSA) is 50.4 Å². The van der Waals surface area contributed by atoms with Crippen molar-refractivity contribution in [1.82, 2.24) is 5.32 Å². The predicted molar refractivity (Wildman–Crippen MR) is 78.1 cm³/mol. The van der Waals surface area contributed by atoms with Gasteiger partial charge >= 0.3 is 5.97 Å². The van der Waals surface area contributed by atoms with Crippen LogP contribution in [-0.4, -0.2) is 32.2 Å². The van der Waals surface area contributed by atoms with Gasteiger partial charge < -0.3 is 15.4 Å². The molecular formula is C12H14Br2N2O2. The Morgan fingerprint density at radius 3 is 2.89 bits per heavy atom. The third-order valence-corrected chi connectivity index (χ3v) is 3.95. The molecule has 18 heavy (non-hydrogen) atoms. The summed E-state index contributed by atoms with van der Waals surface area (Å²) in [6.45, 7) is 1.91. The molecule has 98 valence electrons. The lowest BCUT2D eigenvalue weighted by molar-refractivity contribution is 0.0601. The number of ether oxygens (including phenoxy) is 1. The van der Waals surface area contributed by atoms with Crippen LogP contribution < -0.4 is 10.6 Å². The molecule has 0 spiro atoms. The van der Waals surface area contributed by atoms with E-state index >= 15 is 0 Å². The van der Waals surface area contributed by atoms with E-state index in [1.54, 1.807) is 6.07 Å².